The molecule has 182 valence electrons. The molecule has 1 saturated heterocycles. The highest BCUT2D eigenvalue weighted by Gasteiger charge is 2.37. The maximum atomic E-state index is 13.6. The molecular weight excluding hydrogens is 450 g/mol. The molecule has 2 heterocycles. The Morgan fingerprint density at radius 2 is 1.74 bits per heavy atom. The monoisotopic (exact) mass is 477 g/mol. The topological polar surface area (TPSA) is 43.9 Å². The van der Waals surface area contributed by atoms with Crippen molar-refractivity contribution in [2.24, 2.45) is 0 Å². The molecule has 0 bridgehead atoms. The van der Waals surface area contributed by atoms with E-state index in [1.165, 1.54) is 4.90 Å². The van der Waals surface area contributed by atoms with E-state index in [4.69, 9.17) is 0 Å². The zero-order valence-electron chi connectivity index (χ0n) is 19.0. The zero-order valence-corrected chi connectivity index (χ0v) is 19.0. The number of benzene rings is 2. The highest BCUT2D eigenvalue weighted by atomic mass is 19.4. The van der Waals surface area contributed by atoms with Crippen LogP contribution in [0.5, 0.6) is 0 Å². The number of fused-ring (bicyclic) bond motifs is 1. The molecule has 0 saturated carbocycles. The Morgan fingerprint density at radius 1 is 1.00 bits per heavy atom. The van der Waals surface area contributed by atoms with Gasteiger partial charge in [0.25, 0.3) is 11.8 Å². The second-order valence-corrected chi connectivity index (χ2v) is 8.74. The van der Waals surface area contributed by atoms with Gasteiger partial charge in [-0.1, -0.05) is 19.8 Å². The lowest BCUT2D eigenvalue weighted by Crippen LogP contribution is -2.49. The Hall–Kier alpha value is -3.10. The van der Waals surface area contributed by atoms with Crippen molar-refractivity contribution in [3.8, 4) is 0 Å². The number of hydrogen-bond acceptors (Lipinski definition) is 3. The third-order valence-electron chi connectivity index (χ3n) is 6.45. The van der Waals surface area contributed by atoms with Crippen LogP contribution in [0.3, 0.4) is 0 Å². The summed E-state index contributed by atoms with van der Waals surface area (Å²) in [6.45, 7) is 4.71. The summed E-state index contributed by atoms with van der Waals surface area (Å²) < 4.78 is 53.6. The van der Waals surface area contributed by atoms with E-state index in [-0.39, 0.29) is 19.0 Å². The molecule has 0 aliphatic carbocycles. The van der Waals surface area contributed by atoms with Crippen LogP contribution in [0.25, 0.3) is 0 Å². The van der Waals surface area contributed by atoms with Gasteiger partial charge in [-0.25, -0.2) is 4.39 Å². The van der Waals surface area contributed by atoms with Crippen molar-refractivity contribution in [1.82, 2.24) is 9.80 Å². The Morgan fingerprint density at radius 3 is 2.41 bits per heavy atom. The molecule has 4 rings (SSSR count). The van der Waals surface area contributed by atoms with Crippen molar-refractivity contribution in [2.75, 3.05) is 37.6 Å². The molecule has 5 nitrogen and oxygen atoms in total. The van der Waals surface area contributed by atoms with Gasteiger partial charge in [-0.15, -0.1) is 0 Å². The lowest BCUT2D eigenvalue weighted by molar-refractivity contribution is -0.138. The number of nitrogens with zero attached hydrogens (tertiary/aromatic N) is 3. The van der Waals surface area contributed by atoms with Crippen LogP contribution in [0, 0.1) is 5.82 Å². The van der Waals surface area contributed by atoms with E-state index in [0.29, 0.717) is 43.4 Å². The standard InChI is InChI=1S/C25H27F4N3O2/c1-2-3-4-9-32-16-17-14-19(6-7-20(17)23(32)33)30-10-12-31(13-11-30)24(34)21-15-18(26)5-8-22(21)25(27,28)29/h5-8,14-15H,2-4,9-13,16H2,1H3. The first kappa shape index (κ1) is 24.0. The summed E-state index contributed by atoms with van der Waals surface area (Å²) in [6, 6.07) is 7.65. The average Bonchev–Trinajstić information content (AvgIpc) is 3.13. The number of carbonyl (C=O) groups is 2. The third-order valence-corrected chi connectivity index (χ3v) is 6.45. The fourth-order valence-corrected chi connectivity index (χ4v) is 4.58. The first-order valence-corrected chi connectivity index (χ1v) is 11.5. The smallest absolute Gasteiger partial charge is 0.368 e. The van der Waals surface area contributed by atoms with Gasteiger partial charge < -0.3 is 14.7 Å². The van der Waals surface area contributed by atoms with E-state index in [0.717, 1.165) is 37.1 Å². The van der Waals surface area contributed by atoms with Crippen LogP contribution in [0.15, 0.2) is 36.4 Å². The van der Waals surface area contributed by atoms with Crippen molar-refractivity contribution < 1.29 is 27.2 Å². The molecule has 2 aromatic carbocycles. The summed E-state index contributed by atoms with van der Waals surface area (Å²) in [5.41, 5.74) is 0.788. The van der Waals surface area contributed by atoms with E-state index >= 15 is 0 Å². The number of alkyl halides is 3. The van der Waals surface area contributed by atoms with E-state index in [1.807, 2.05) is 28.0 Å². The van der Waals surface area contributed by atoms with Gasteiger partial charge in [-0.3, -0.25) is 9.59 Å². The van der Waals surface area contributed by atoms with Gasteiger partial charge in [0.15, 0.2) is 0 Å². The van der Waals surface area contributed by atoms with Crippen LogP contribution >= 0.6 is 0 Å². The summed E-state index contributed by atoms with van der Waals surface area (Å²) in [7, 11) is 0. The largest absolute Gasteiger partial charge is 0.417 e. The molecular formula is C25H27F4N3O2. The molecule has 0 unspecified atom stereocenters. The lowest BCUT2D eigenvalue weighted by atomic mass is 10.0. The van der Waals surface area contributed by atoms with Gasteiger partial charge >= 0.3 is 6.18 Å². The minimum Gasteiger partial charge on any atom is -0.368 e. The number of piperazine rings is 1. The van der Waals surface area contributed by atoms with Gasteiger partial charge in [-0.05, 0) is 48.4 Å². The van der Waals surface area contributed by atoms with Crippen molar-refractivity contribution >= 4 is 17.5 Å². The number of carbonyl (C=O) groups excluding carboxylic acids is 2. The molecule has 9 heteroatoms. The van der Waals surface area contributed by atoms with Gasteiger partial charge in [0, 0.05) is 50.5 Å². The van der Waals surface area contributed by atoms with Crippen LogP contribution in [0.2, 0.25) is 0 Å². The SMILES string of the molecule is CCCCCN1Cc2cc(N3CCN(C(=O)c4cc(F)ccc4C(F)(F)F)CC3)ccc2C1=O. The van der Waals surface area contributed by atoms with Crippen LogP contribution in [-0.2, 0) is 12.7 Å². The van der Waals surface area contributed by atoms with Crippen molar-refractivity contribution in [1.29, 1.82) is 0 Å². The summed E-state index contributed by atoms with van der Waals surface area (Å²) in [5.74, 6) is -1.66. The maximum Gasteiger partial charge on any atom is 0.417 e. The molecule has 2 amide bonds. The first-order chi connectivity index (χ1) is 16.2. The molecule has 2 aromatic rings. The van der Waals surface area contributed by atoms with Crippen LogP contribution in [0.4, 0.5) is 23.2 Å². The average molecular weight is 478 g/mol. The van der Waals surface area contributed by atoms with E-state index in [2.05, 4.69) is 6.92 Å². The number of halogens is 4. The second kappa shape index (κ2) is 9.64. The number of amides is 2. The Balaban J connectivity index is 1.42. The van der Waals surface area contributed by atoms with Gasteiger partial charge in [-0.2, -0.15) is 13.2 Å². The predicted octanol–water partition coefficient (Wildman–Crippen LogP) is 4.95. The highest BCUT2D eigenvalue weighted by Crippen LogP contribution is 2.33. The normalized spacial score (nSPS) is 16.3. The lowest BCUT2D eigenvalue weighted by Gasteiger charge is -2.36. The zero-order chi connectivity index (χ0) is 24.5. The fourth-order valence-electron chi connectivity index (χ4n) is 4.58. The van der Waals surface area contributed by atoms with E-state index in [9.17, 15) is 27.2 Å². The second-order valence-electron chi connectivity index (χ2n) is 8.74. The number of rotatable bonds is 6. The summed E-state index contributed by atoms with van der Waals surface area (Å²) in [4.78, 5) is 30.6. The van der Waals surface area contributed by atoms with Gasteiger partial charge in [0.05, 0.1) is 11.1 Å². The van der Waals surface area contributed by atoms with Crippen LogP contribution in [0.1, 0.15) is 58.0 Å². The van der Waals surface area contributed by atoms with E-state index in [1.54, 1.807) is 0 Å². The molecule has 0 atom stereocenters. The number of hydrogen-bond donors (Lipinski definition) is 0. The van der Waals surface area contributed by atoms with Crippen LogP contribution in [-0.4, -0.2) is 54.3 Å². The fraction of sp³-hybridized carbons (Fsp3) is 0.440. The Labute approximate surface area is 195 Å². The minimum absolute atomic E-state index is 0.0450. The van der Waals surface area contributed by atoms with Crippen LogP contribution < -0.4 is 4.90 Å². The molecule has 0 radical (unpaired) electrons. The summed E-state index contributed by atoms with van der Waals surface area (Å²) in [6.07, 6.45) is -1.61. The van der Waals surface area contributed by atoms with Crippen molar-refractivity contribution in [2.45, 2.75) is 38.9 Å². The number of unbranched alkanes of at least 4 members (excludes halogenated alkanes) is 2. The molecule has 0 N–H and O–H groups in total. The third kappa shape index (κ3) is 4.88. The molecule has 2 aliphatic rings. The molecule has 1 fully saturated rings. The van der Waals surface area contributed by atoms with Crippen molar-refractivity contribution in [3.63, 3.8) is 0 Å². The van der Waals surface area contributed by atoms with Gasteiger partial charge in [0.1, 0.15) is 5.82 Å². The first-order valence-electron chi connectivity index (χ1n) is 11.5. The Bertz CT molecular complexity index is 1080. The molecule has 0 spiro atoms. The summed E-state index contributed by atoms with van der Waals surface area (Å²) >= 11 is 0. The maximum absolute atomic E-state index is 13.6. The quantitative estimate of drug-likeness (QED) is 0.437. The van der Waals surface area contributed by atoms with E-state index < -0.39 is 29.0 Å². The van der Waals surface area contributed by atoms with Gasteiger partial charge in [0.2, 0.25) is 0 Å². The van der Waals surface area contributed by atoms with Crippen molar-refractivity contribution in [3.05, 3.63) is 64.5 Å². The molecule has 34 heavy (non-hydrogen) atoms. The predicted molar refractivity (Wildman–Crippen MR) is 120 cm³/mol. The highest BCUT2D eigenvalue weighted by molar-refractivity contribution is 5.99. The molecule has 0 aromatic heterocycles. The number of anilines is 1. The Kier molecular flexibility index (Phi) is 6.81. The molecule has 2 aliphatic heterocycles. The minimum atomic E-state index is -4.74. The summed E-state index contributed by atoms with van der Waals surface area (Å²) in [5, 5.41) is 0.